The van der Waals surface area contributed by atoms with Crippen molar-refractivity contribution in [2.24, 2.45) is 5.73 Å². The normalized spacial score (nSPS) is 17.4. The highest BCUT2D eigenvalue weighted by Crippen LogP contribution is 2.35. The maximum atomic E-state index is 13.0. The smallest absolute Gasteiger partial charge is 0.244 e. The van der Waals surface area contributed by atoms with Crippen LogP contribution in [0.25, 0.3) is 0 Å². The van der Waals surface area contributed by atoms with Gasteiger partial charge in [-0.1, -0.05) is 23.2 Å². The summed E-state index contributed by atoms with van der Waals surface area (Å²) in [4.78, 5) is 11.9. The zero-order valence-electron chi connectivity index (χ0n) is 8.90. The molecule has 1 aromatic rings. The van der Waals surface area contributed by atoms with Gasteiger partial charge in [-0.15, -0.1) is 0 Å². The highest BCUT2D eigenvalue weighted by Gasteiger charge is 2.40. The molecule has 0 radical (unpaired) electrons. The predicted molar refractivity (Wildman–Crippen MR) is 65.8 cm³/mol. The van der Waals surface area contributed by atoms with Gasteiger partial charge in [0.2, 0.25) is 5.91 Å². The summed E-state index contributed by atoms with van der Waals surface area (Å²) in [5.41, 5.74) is 5.21. The number of anilines is 1. The monoisotopic (exact) mass is 276 g/mol. The Labute approximate surface area is 108 Å². The molecule has 1 saturated carbocycles. The first-order valence-electron chi connectivity index (χ1n) is 5.17. The van der Waals surface area contributed by atoms with Gasteiger partial charge in [-0.25, -0.2) is 4.39 Å². The topological polar surface area (TPSA) is 55.1 Å². The number of nitrogens with two attached hydrogens (primary N) is 1. The molecule has 3 N–H and O–H groups in total. The minimum absolute atomic E-state index is 0.0614. The number of amides is 1. The van der Waals surface area contributed by atoms with E-state index in [-0.39, 0.29) is 21.6 Å². The van der Waals surface area contributed by atoms with E-state index in [2.05, 4.69) is 5.32 Å². The molecule has 0 heterocycles. The molecule has 1 aromatic carbocycles. The zero-order chi connectivity index (χ0) is 12.6. The number of halogens is 3. The molecule has 0 aromatic heterocycles. The Morgan fingerprint density at radius 3 is 2.29 bits per heavy atom. The first-order valence-corrected chi connectivity index (χ1v) is 5.93. The number of carbonyl (C=O) groups is 1. The Bertz CT molecular complexity index is 452. The Kier molecular flexibility index (Phi) is 3.30. The lowest BCUT2D eigenvalue weighted by atomic mass is 9.77. The average molecular weight is 277 g/mol. The first-order chi connectivity index (χ1) is 7.92. The highest BCUT2D eigenvalue weighted by molar-refractivity contribution is 6.39. The van der Waals surface area contributed by atoms with Gasteiger partial charge in [-0.3, -0.25) is 4.79 Å². The van der Waals surface area contributed by atoms with Crippen LogP contribution in [0.1, 0.15) is 19.3 Å². The van der Waals surface area contributed by atoms with Crippen LogP contribution in [0.2, 0.25) is 10.0 Å². The van der Waals surface area contributed by atoms with E-state index in [1.54, 1.807) is 0 Å². The van der Waals surface area contributed by atoms with Crippen molar-refractivity contribution >= 4 is 34.8 Å². The van der Waals surface area contributed by atoms with E-state index in [9.17, 15) is 9.18 Å². The molecule has 92 valence electrons. The van der Waals surface area contributed by atoms with Crippen molar-refractivity contribution in [1.29, 1.82) is 0 Å². The van der Waals surface area contributed by atoms with Crippen LogP contribution in [0.3, 0.4) is 0 Å². The number of benzene rings is 1. The molecule has 0 unspecified atom stereocenters. The van der Waals surface area contributed by atoms with Crippen LogP contribution < -0.4 is 11.1 Å². The summed E-state index contributed by atoms with van der Waals surface area (Å²) in [6.07, 6.45) is 2.19. The maximum absolute atomic E-state index is 13.0. The van der Waals surface area contributed by atoms with Crippen molar-refractivity contribution in [3.8, 4) is 0 Å². The molecule has 0 spiro atoms. The number of nitrogens with one attached hydrogen (secondary N) is 1. The van der Waals surface area contributed by atoms with Crippen molar-refractivity contribution in [2.45, 2.75) is 24.8 Å². The molecule has 0 saturated heterocycles. The van der Waals surface area contributed by atoms with Gasteiger partial charge in [0.15, 0.2) is 0 Å². The zero-order valence-corrected chi connectivity index (χ0v) is 10.4. The van der Waals surface area contributed by atoms with Crippen LogP contribution in [-0.2, 0) is 4.79 Å². The Morgan fingerprint density at radius 2 is 1.88 bits per heavy atom. The number of hydrogen-bond donors (Lipinski definition) is 2. The van der Waals surface area contributed by atoms with Crippen LogP contribution in [0.4, 0.5) is 10.1 Å². The third kappa shape index (κ3) is 2.39. The van der Waals surface area contributed by atoms with E-state index < -0.39 is 11.4 Å². The average Bonchev–Trinajstić information content (AvgIpc) is 2.19. The number of rotatable bonds is 2. The maximum Gasteiger partial charge on any atom is 0.244 e. The molecular weight excluding hydrogens is 266 g/mol. The molecular formula is C11H11Cl2FN2O. The van der Waals surface area contributed by atoms with Gasteiger partial charge in [0, 0.05) is 0 Å². The van der Waals surface area contributed by atoms with E-state index in [0.29, 0.717) is 12.8 Å². The van der Waals surface area contributed by atoms with Gasteiger partial charge in [-0.05, 0) is 31.4 Å². The van der Waals surface area contributed by atoms with E-state index in [4.69, 9.17) is 28.9 Å². The lowest BCUT2D eigenvalue weighted by molar-refractivity contribution is -0.123. The van der Waals surface area contributed by atoms with E-state index in [1.807, 2.05) is 0 Å². The molecule has 1 amide bonds. The van der Waals surface area contributed by atoms with Gasteiger partial charge < -0.3 is 11.1 Å². The molecule has 3 nitrogen and oxygen atoms in total. The molecule has 17 heavy (non-hydrogen) atoms. The molecule has 1 aliphatic rings. The molecule has 0 aliphatic heterocycles. The fourth-order valence-electron chi connectivity index (χ4n) is 1.68. The predicted octanol–water partition coefficient (Wildman–Crippen LogP) is 2.95. The summed E-state index contributed by atoms with van der Waals surface area (Å²) < 4.78 is 13.0. The van der Waals surface area contributed by atoms with Gasteiger partial charge in [0.25, 0.3) is 0 Å². The summed E-state index contributed by atoms with van der Waals surface area (Å²) in [5.74, 6) is -0.886. The lowest BCUT2D eigenvalue weighted by Crippen LogP contribution is -2.56. The summed E-state index contributed by atoms with van der Waals surface area (Å²) in [6.45, 7) is 0. The molecule has 1 aliphatic carbocycles. The van der Waals surface area contributed by atoms with E-state index >= 15 is 0 Å². The van der Waals surface area contributed by atoms with Gasteiger partial charge in [-0.2, -0.15) is 0 Å². The Balaban J connectivity index is 2.21. The van der Waals surface area contributed by atoms with E-state index in [0.717, 1.165) is 18.6 Å². The SMILES string of the molecule is NC1(C(=O)Nc2c(Cl)cc(F)cc2Cl)CCC1. The molecule has 0 bridgehead atoms. The van der Waals surface area contributed by atoms with Gasteiger partial charge >= 0.3 is 0 Å². The molecule has 1 fully saturated rings. The van der Waals surface area contributed by atoms with Crippen LogP contribution >= 0.6 is 23.2 Å². The van der Waals surface area contributed by atoms with Crippen LogP contribution in [-0.4, -0.2) is 11.4 Å². The highest BCUT2D eigenvalue weighted by atomic mass is 35.5. The van der Waals surface area contributed by atoms with Crippen LogP contribution in [0, 0.1) is 5.82 Å². The summed E-state index contributed by atoms with van der Waals surface area (Å²) in [6, 6.07) is 2.18. The Morgan fingerprint density at radius 1 is 1.35 bits per heavy atom. The van der Waals surface area contributed by atoms with Gasteiger partial charge in [0.1, 0.15) is 5.82 Å². The third-order valence-electron chi connectivity index (χ3n) is 2.94. The van der Waals surface area contributed by atoms with E-state index in [1.165, 1.54) is 0 Å². The van der Waals surface area contributed by atoms with Crippen LogP contribution in [0.15, 0.2) is 12.1 Å². The molecule has 2 rings (SSSR count). The summed E-state index contributed by atoms with van der Waals surface area (Å²) >= 11 is 11.6. The van der Waals surface area contributed by atoms with Crippen molar-refractivity contribution in [3.05, 3.63) is 28.0 Å². The van der Waals surface area contributed by atoms with Crippen molar-refractivity contribution in [1.82, 2.24) is 0 Å². The fourth-order valence-corrected chi connectivity index (χ4v) is 2.24. The van der Waals surface area contributed by atoms with Gasteiger partial charge in [0.05, 0.1) is 21.3 Å². The third-order valence-corrected chi connectivity index (χ3v) is 3.54. The van der Waals surface area contributed by atoms with Crippen molar-refractivity contribution in [3.63, 3.8) is 0 Å². The molecule has 0 atom stereocenters. The van der Waals surface area contributed by atoms with Crippen molar-refractivity contribution < 1.29 is 9.18 Å². The standard InChI is InChI=1S/C11H11Cl2FN2O/c12-7-4-6(14)5-8(13)9(7)16-10(17)11(15)2-1-3-11/h4-5H,1-3,15H2,(H,16,17). The number of carbonyl (C=O) groups excluding carboxylic acids is 1. The summed E-state index contributed by atoms with van der Waals surface area (Å²) in [7, 11) is 0. The quantitative estimate of drug-likeness (QED) is 0.873. The molecule has 6 heteroatoms. The second kappa shape index (κ2) is 4.44. The summed E-state index contributed by atoms with van der Waals surface area (Å²) in [5, 5.41) is 2.68. The minimum atomic E-state index is -0.846. The first kappa shape index (κ1) is 12.6. The minimum Gasteiger partial charge on any atom is -0.322 e. The van der Waals surface area contributed by atoms with Crippen LogP contribution in [0.5, 0.6) is 0 Å². The second-order valence-electron chi connectivity index (χ2n) is 4.21. The lowest BCUT2D eigenvalue weighted by Gasteiger charge is -2.36. The number of hydrogen-bond acceptors (Lipinski definition) is 2. The fraction of sp³-hybridized carbons (Fsp3) is 0.364. The van der Waals surface area contributed by atoms with Crippen molar-refractivity contribution in [2.75, 3.05) is 5.32 Å². The Hall–Kier alpha value is -0.840. The largest absolute Gasteiger partial charge is 0.322 e. The second-order valence-corrected chi connectivity index (χ2v) is 5.02.